The highest BCUT2D eigenvalue weighted by Crippen LogP contribution is 2.00. The molecule has 46 valence electrons. The summed E-state index contributed by atoms with van der Waals surface area (Å²) in [4.78, 5) is 0. The Morgan fingerprint density at radius 2 is 1.50 bits per heavy atom. The quantitative estimate of drug-likeness (QED) is 0.443. The molecule has 0 bridgehead atoms. The first kappa shape index (κ1) is 9.29. The van der Waals surface area contributed by atoms with Crippen molar-refractivity contribution in [2.45, 2.75) is 12.1 Å². The molecule has 0 aliphatic carbocycles. The lowest BCUT2D eigenvalue weighted by Gasteiger charge is -2.02. The Bertz CT molecular complexity index is 45.3. The Kier molecular flexibility index (Phi) is 7.45. The summed E-state index contributed by atoms with van der Waals surface area (Å²) in [6.45, 7) is 0. The van der Waals surface area contributed by atoms with E-state index in [1.54, 1.807) is 0 Å². The van der Waals surface area contributed by atoms with E-state index in [-0.39, 0.29) is 8.31 Å². The van der Waals surface area contributed by atoms with Gasteiger partial charge < -0.3 is 0 Å². The smallest absolute Gasteiger partial charge is 0.0310 e. The van der Waals surface area contributed by atoms with E-state index in [0.29, 0.717) is 0 Å². The molecule has 2 unspecified atom stereocenters. The molecular weight excluding hydrogens is 166 g/mol. The summed E-state index contributed by atoms with van der Waals surface area (Å²) in [7, 11) is 9.11. The van der Waals surface area contributed by atoms with Crippen LogP contribution in [0.25, 0.3) is 0 Å². The Balaban J connectivity index is 2.92. The third-order valence-corrected chi connectivity index (χ3v) is 5.91. The molecule has 0 saturated carbocycles. The lowest BCUT2D eigenvalue weighted by Crippen LogP contribution is -2.12. The van der Waals surface area contributed by atoms with Crippen molar-refractivity contribution >= 4 is 36.6 Å². The van der Waals surface area contributed by atoms with Crippen LogP contribution in [0, 0.1) is 0 Å². The van der Waals surface area contributed by atoms with Gasteiger partial charge in [-0.2, -0.15) is 0 Å². The second-order valence-electron chi connectivity index (χ2n) is 1.68. The van der Waals surface area contributed by atoms with E-state index in [4.69, 9.17) is 0 Å². The highest BCUT2D eigenvalue weighted by atomic mass is 31.0. The zero-order chi connectivity index (χ0) is 6.41. The molecule has 0 aromatic heterocycles. The summed E-state index contributed by atoms with van der Waals surface area (Å²) < 4.78 is 0. The van der Waals surface area contributed by atoms with Crippen LogP contribution in [0.1, 0.15) is 0 Å². The normalized spacial score (nSPS) is 10.5. The monoisotopic (exact) mass is 178 g/mol. The fourth-order valence-corrected chi connectivity index (χ4v) is 6.11. The standard InChI is InChI=1S/C4H12P2Si2/c5-1-3-8(7)4-2-6/h1-6H2. The van der Waals surface area contributed by atoms with Gasteiger partial charge in [0.25, 0.3) is 0 Å². The second kappa shape index (κ2) is 6.41. The maximum absolute atomic E-state index is 3.72. The minimum absolute atomic E-state index is 0.128. The van der Waals surface area contributed by atoms with E-state index >= 15 is 0 Å². The molecule has 0 N–H and O–H groups in total. The molecule has 0 spiro atoms. The van der Waals surface area contributed by atoms with Gasteiger partial charge in [-0.25, -0.2) is 0 Å². The molecule has 0 aromatic carbocycles. The molecule has 0 aliphatic heterocycles. The zero-order valence-electron chi connectivity index (χ0n) is 4.98. The molecule has 0 fully saturated rings. The second-order valence-corrected chi connectivity index (χ2v) is 7.16. The van der Waals surface area contributed by atoms with E-state index in [2.05, 4.69) is 28.2 Å². The van der Waals surface area contributed by atoms with E-state index in [9.17, 15) is 0 Å². The predicted octanol–water partition coefficient (Wildman–Crippen LogP) is 0.897. The minimum atomic E-state index is -0.128. The zero-order valence-corrected chi connectivity index (χ0v) is 9.29. The molecule has 0 amide bonds. The number of hydrogen-bond acceptors (Lipinski definition) is 0. The largest absolute Gasteiger partial charge is 0.138 e. The fourth-order valence-electron chi connectivity index (χ4n) is 0.473. The van der Waals surface area contributed by atoms with Gasteiger partial charge in [-0.05, 0) is 12.3 Å². The first-order chi connectivity index (χ1) is 3.81. The van der Waals surface area contributed by atoms with Crippen LogP contribution in [0.5, 0.6) is 0 Å². The maximum atomic E-state index is 3.72. The molecule has 4 radical (unpaired) electrons. The minimum Gasteiger partial charge on any atom is -0.138 e. The highest BCUT2D eigenvalue weighted by Gasteiger charge is 1.98. The summed E-state index contributed by atoms with van der Waals surface area (Å²) >= 11 is 0. The van der Waals surface area contributed by atoms with E-state index in [0.717, 1.165) is 0 Å². The molecule has 0 aliphatic rings. The van der Waals surface area contributed by atoms with E-state index in [1.165, 1.54) is 24.4 Å². The van der Waals surface area contributed by atoms with E-state index < -0.39 is 0 Å². The Hall–Kier alpha value is 1.29. The average Bonchev–Trinajstić information content (AvgIpc) is 1.68. The molecule has 0 nitrogen and oxygen atoms in total. The van der Waals surface area contributed by atoms with Gasteiger partial charge in [-0.1, -0.05) is 12.1 Å². The van der Waals surface area contributed by atoms with Crippen LogP contribution in [0.4, 0.5) is 0 Å². The Morgan fingerprint density at radius 3 is 1.75 bits per heavy atom. The van der Waals surface area contributed by atoms with Crippen molar-refractivity contribution < 1.29 is 0 Å². The summed E-state index contributed by atoms with van der Waals surface area (Å²) in [5, 5.41) is 0. The molecular formula is C4H12P2Si2. The van der Waals surface area contributed by atoms with Gasteiger partial charge in [0.2, 0.25) is 0 Å². The van der Waals surface area contributed by atoms with Gasteiger partial charge >= 0.3 is 0 Å². The number of rotatable bonds is 4. The maximum Gasteiger partial charge on any atom is 0.0310 e. The first-order valence-electron chi connectivity index (χ1n) is 2.77. The first-order valence-corrected chi connectivity index (χ1v) is 7.82. The summed E-state index contributed by atoms with van der Waals surface area (Å²) in [6, 6.07) is 2.75. The molecule has 8 heavy (non-hydrogen) atoms. The molecule has 0 saturated heterocycles. The van der Waals surface area contributed by atoms with Gasteiger partial charge in [-0.3, -0.25) is 0 Å². The number of hydrogen-bond donors (Lipinski definition) is 0. The van der Waals surface area contributed by atoms with Gasteiger partial charge in [0.15, 0.2) is 0 Å². The summed E-state index contributed by atoms with van der Waals surface area (Å²) in [6.07, 6.45) is 2.50. The molecule has 0 aromatic rings. The van der Waals surface area contributed by atoms with Gasteiger partial charge in [0.1, 0.15) is 0 Å². The van der Waals surface area contributed by atoms with Crippen LogP contribution in [0.15, 0.2) is 0 Å². The lowest BCUT2D eigenvalue weighted by atomic mass is 10.9. The summed E-state index contributed by atoms with van der Waals surface area (Å²) in [5.74, 6) is 0. The Labute approximate surface area is 61.4 Å². The van der Waals surface area contributed by atoms with Crippen LogP contribution in [-0.2, 0) is 0 Å². The molecule has 4 heteroatoms. The SMILES string of the molecule is [Si][Si](CCP)CCP. The predicted molar refractivity (Wildman–Crippen MR) is 50.3 cm³/mol. The van der Waals surface area contributed by atoms with Crippen molar-refractivity contribution in [1.29, 1.82) is 0 Å². The molecule has 2 atom stereocenters. The summed E-state index contributed by atoms with van der Waals surface area (Å²) in [5.41, 5.74) is 0. The van der Waals surface area contributed by atoms with Gasteiger partial charge in [-0.15, -0.1) is 18.5 Å². The highest BCUT2D eigenvalue weighted by molar-refractivity contribution is 7.18. The molecule has 0 heterocycles. The van der Waals surface area contributed by atoms with Crippen molar-refractivity contribution in [2.24, 2.45) is 0 Å². The van der Waals surface area contributed by atoms with Crippen molar-refractivity contribution in [3.8, 4) is 0 Å². The van der Waals surface area contributed by atoms with Crippen LogP contribution >= 0.6 is 18.5 Å². The van der Waals surface area contributed by atoms with Crippen molar-refractivity contribution in [3.63, 3.8) is 0 Å². The van der Waals surface area contributed by atoms with Crippen LogP contribution < -0.4 is 0 Å². The topological polar surface area (TPSA) is 0 Å². The van der Waals surface area contributed by atoms with Crippen LogP contribution in [0.2, 0.25) is 12.1 Å². The Morgan fingerprint density at radius 1 is 1.12 bits per heavy atom. The van der Waals surface area contributed by atoms with Crippen molar-refractivity contribution in [2.75, 3.05) is 12.3 Å². The van der Waals surface area contributed by atoms with E-state index in [1.807, 2.05) is 0 Å². The van der Waals surface area contributed by atoms with Gasteiger partial charge in [0, 0.05) is 18.1 Å². The molecule has 0 rings (SSSR count). The van der Waals surface area contributed by atoms with Crippen LogP contribution in [-0.4, -0.2) is 30.4 Å². The fraction of sp³-hybridized carbons (Fsp3) is 1.00. The third-order valence-electron chi connectivity index (χ3n) is 0.892. The van der Waals surface area contributed by atoms with Crippen molar-refractivity contribution in [3.05, 3.63) is 0 Å². The lowest BCUT2D eigenvalue weighted by molar-refractivity contribution is 1.38. The third kappa shape index (κ3) is 5.43. The van der Waals surface area contributed by atoms with Crippen molar-refractivity contribution in [1.82, 2.24) is 0 Å². The van der Waals surface area contributed by atoms with Crippen LogP contribution in [0.3, 0.4) is 0 Å². The average molecular weight is 178 g/mol. The van der Waals surface area contributed by atoms with Gasteiger partial charge in [0.05, 0.1) is 0 Å².